The Morgan fingerprint density at radius 3 is 2.41 bits per heavy atom. The van der Waals surface area contributed by atoms with Gasteiger partial charge in [0.1, 0.15) is 11.8 Å². The van der Waals surface area contributed by atoms with Gasteiger partial charge >= 0.3 is 11.9 Å². The zero-order valence-corrected chi connectivity index (χ0v) is 22.6. The quantitative estimate of drug-likeness (QED) is 0.297. The number of ether oxygens (including phenoxy) is 1. The normalized spacial score (nSPS) is 18.5. The summed E-state index contributed by atoms with van der Waals surface area (Å²) in [6.07, 6.45) is 4.48. The average molecular weight is 529 g/mol. The molecule has 7 heteroatoms. The number of nitrogens with one attached hydrogen (secondary N) is 1. The van der Waals surface area contributed by atoms with E-state index in [1.807, 2.05) is 30.3 Å². The van der Waals surface area contributed by atoms with E-state index in [-0.39, 0.29) is 23.0 Å². The van der Waals surface area contributed by atoms with Gasteiger partial charge < -0.3 is 20.1 Å². The van der Waals surface area contributed by atoms with Gasteiger partial charge in [-0.05, 0) is 68.2 Å². The Hall–Kier alpha value is -3.97. The maximum Gasteiger partial charge on any atom is 0.344 e. The summed E-state index contributed by atoms with van der Waals surface area (Å²) in [5.74, 6) is -2.06. The first-order valence-electron chi connectivity index (χ1n) is 13.5. The van der Waals surface area contributed by atoms with Crippen molar-refractivity contribution in [2.45, 2.75) is 50.5 Å². The van der Waals surface area contributed by atoms with E-state index in [0.717, 1.165) is 43.5 Å². The van der Waals surface area contributed by atoms with Crippen LogP contribution in [0, 0.1) is 0 Å². The van der Waals surface area contributed by atoms with Crippen LogP contribution in [-0.4, -0.2) is 54.0 Å². The lowest BCUT2D eigenvalue weighted by molar-refractivity contribution is -0.139. The summed E-state index contributed by atoms with van der Waals surface area (Å²) >= 11 is 0. The third-order valence-corrected chi connectivity index (χ3v) is 7.63. The van der Waals surface area contributed by atoms with Gasteiger partial charge in [-0.25, -0.2) is 9.59 Å². The van der Waals surface area contributed by atoms with Crippen LogP contribution >= 0.6 is 0 Å². The maximum atomic E-state index is 13.3. The average Bonchev–Trinajstić information content (AvgIpc) is 3.15. The fraction of sp³-hybridized carbons (Fsp3) is 0.344. The predicted octanol–water partition coefficient (Wildman–Crippen LogP) is 5.10. The van der Waals surface area contributed by atoms with Crippen LogP contribution in [0.2, 0.25) is 0 Å². The zero-order valence-electron chi connectivity index (χ0n) is 22.6. The molecule has 0 radical (unpaired) electrons. The Labute approximate surface area is 229 Å². The molecule has 0 aliphatic carbocycles. The molecule has 39 heavy (non-hydrogen) atoms. The van der Waals surface area contributed by atoms with E-state index < -0.39 is 23.9 Å². The highest BCUT2D eigenvalue weighted by Crippen LogP contribution is 2.37. The number of esters is 1. The molecule has 1 heterocycles. The first-order valence-corrected chi connectivity index (χ1v) is 13.5. The molecule has 0 saturated carbocycles. The number of likely N-dealkylation sites (N-methyl/N-ethyl adjacent to an activating group) is 1. The number of likely N-dealkylation sites (tertiary alicyclic amines) is 1. The molecule has 3 aromatic rings. The van der Waals surface area contributed by atoms with Gasteiger partial charge in [0.05, 0.1) is 11.1 Å². The molecule has 0 aromatic heterocycles. The van der Waals surface area contributed by atoms with Gasteiger partial charge in [-0.15, -0.1) is 0 Å². The number of carbonyl (C=O) groups excluding carboxylic acids is 2. The van der Waals surface area contributed by atoms with Gasteiger partial charge in [-0.1, -0.05) is 67.9 Å². The highest BCUT2D eigenvalue weighted by molar-refractivity contribution is 6.06. The van der Waals surface area contributed by atoms with E-state index >= 15 is 0 Å². The van der Waals surface area contributed by atoms with E-state index in [1.165, 1.54) is 18.6 Å². The molecular formula is C32H36N2O5. The van der Waals surface area contributed by atoms with Gasteiger partial charge in [-0.2, -0.15) is 0 Å². The maximum absolute atomic E-state index is 13.3. The standard InChI is InChI=1S/C32H36N2O5/c1-3-32(18-9-10-19-34(2)22-32)24-14-11-15-25(21-24)39-31(38)27-17-8-7-16-26(27)29(35)33-28(30(36)37)20-23-12-5-4-6-13-23/h4-8,11-17,21,28H,3,9-10,18-20,22H2,1-2H3,(H,33,35)(H,36,37)/t28-,32?/m0/s1. The van der Waals surface area contributed by atoms with Crippen molar-refractivity contribution in [1.82, 2.24) is 10.2 Å². The number of carbonyl (C=O) groups is 3. The van der Waals surface area contributed by atoms with E-state index in [1.54, 1.807) is 30.3 Å². The molecule has 7 nitrogen and oxygen atoms in total. The number of rotatable bonds is 9. The molecule has 1 fully saturated rings. The van der Waals surface area contributed by atoms with E-state index in [9.17, 15) is 19.5 Å². The second-order valence-corrected chi connectivity index (χ2v) is 10.3. The van der Waals surface area contributed by atoms with Crippen molar-refractivity contribution in [3.05, 3.63) is 101 Å². The van der Waals surface area contributed by atoms with Gasteiger partial charge in [0.15, 0.2) is 0 Å². The van der Waals surface area contributed by atoms with Crippen LogP contribution in [0.15, 0.2) is 78.9 Å². The largest absolute Gasteiger partial charge is 0.480 e. The predicted molar refractivity (Wildman–Crippen MR) is 150 cm³/mol. The fourth-order valence-corrected chi connectivity index (χ4v) is 5.44. The van der Waals surface area contributed by atoms with Crippen LogP contribution in [-0.2, 0) is 16.6 Å². The number of carboxylic acids is 1. The fourth-order valence-electron chi connectivity index (χ4n) is 5.44. The molecule has 2 atom stereocenters. The van der Waals surface area contributed by atoms with Crippen molar-refractivity contribution < 1.29 is 24.2 Å². The highest BCUT2D eigenvalue weighted by Gasteiger charge is 2.33. The molecular weight excluding hydrogens is 492 g/mol. The van der Waals surface area contributed by atoms with Crippen LogP contribution in [0.4, 0.5) is 0 Å². The Bertz CT molecular complexity index is 1310. The number of carboxylic acid groups (broad SMARTS) is 1. The molecule has 2 N–H and O–H groups in total. The van der Waals surface area contributed by atoms with Gasteiger partial charge in [0.2, 0.25) is 0 Å². The van der Waals surface area contributed by atoms with E-state index in [2.05, 4.69) is 30.3 Å². The molecule has 1 saturated heterocycles. The molecule has 1 aliphatic rings. The third-order valence-electron chi connectivity index (χ3n) is 7.63. The first-order chi connectivity index (χ1) is 18.8. The number of benzene rings is 3. The third kappa shape index (κ3) is 6.92. The lowest BCUT2D eigenvalue weighted by atomic mass is 9.74. The van der Waals surface area contributed by atoms with Crippen molar-refractivity contribution >= 4 is 17.8 Å². The summed E-state index contributed by atoms with van der Waals surface area (Å²) in [5.41, 5.74) is 2.04. The smallest absolute Gasteiger partial charge is 0.344 e. The monoisotopic (exact) mass is 528 g/mol. The summed E-state index contributed by atoms with van der Waals surface area (Å²) in [4.78, 5) is 40.7. The molecule has 0 spiro atoms. The summed E-state index contributed by atoms with van der Waals surface area (Å²) in [6, 6.07) is 21.9. The van der Waals surface area contributed by atoms with E-state index in [4.69, 9.17) is 4.74 Å². The zero-order chi connectivity index (χ0) is 27.8. The minimum absolute atomic E-state index is 0.0178. The van der Waals surface area contributed by atoms with Crippen LogP contribution in [0.3, 0.4) is 0 Å². The molecule has 1 aliphatic heterocycles. The number of hydrogen-bond acceptors (Lipinski definition) is 5. The summed E-state index contributed by atoms with van der Waals surface area (Å²) in [5, 5.41) is 12.3. The van der Waals surface area contributed by atoms with Crippen LogP contribution < -0.4 is 10.1 Å². The lowest BCUT2D eigenvalue weighted by Crippen LogP contribution is -2.42. The molecule has 204 valence electrons. The summed E-state index contributed by atoms with van der Waals surface area (Å²) in [6.45, 7) is 4.22. The topological polar surface area (TPSA) is 95.9 Å². The molecule has 3 aromatic carbocycles. The van der Waals surface area contributed by atoms with Crippen molar-refractivity contribution in [3.63, 3.8) is 0 Å². The van der Waals surface area contributed by atoms with Crippen LogP contribution in [0.1, 0.15) is 64.4 Å². The first kappa shape index (κ1) is 28.0. The van der Waals surface area contributed by atoms with Gasteiger partial charge in [-0.3, -0.25) is 4.79 Å². The Morgan fingerprint density at radius 1 is 0.974 bits per heavy atom. The van der Waals surface area contributed by atoms with Gasteiger partial charge in [0, 0.05) is 18.4 Å². The summed E-state index contributed by atoms with van der Waals surface area (Å²) < 4.78 is 5.77. The number of hydrogen-bond donors (Lipinski definition) is 2. The van der Waals surface area contributed by atoms with Crippen molar-refractivity contribution in [2.24, 2.45) is 0 Å². The Morgan fingerprint density at radius 2 is 1.69 bits per heavy atom. The molecule has 4 rings (SSSR count). The lowest BCUT2D eigenvalue weighted by Gasteiger charge is -2.35. The number of amides is 1. The minimum Gasteiger partial charge on any atom is -0.480 e. The SMILES string of the molecule is CCC1(c2cccc(OC(=O)c3ccccc3C(=O)N[C@@H](Cc3ccccc3)C(=O)O)c2)CCCCN(C)C1. The van der Waals surface area contributed by atoms with Crippen molar-refractivity contribution in [1.29, 1.82) is 0 Å². The van der Waals surface area contributed by atoms with E-state index in [0.29, 0.717) is 5.75 Å². The second-order valence-electron chi connectivity index (χ2n) is 10.3. The molecule has 1 amide bonds. The Balaban J connectivity index is 1.53. The molecule has 1 unspecified atom stereocenters. The Kier molecular flexibility index (Phi) is 9.15. The summed E-state index contributed by atoms with van der Waals surface area (Å²) in [7, 11) is 2.15. The van der Waals surface area contributed by atoms with Gasteiger partial charge in [0.25, 0.3) is 5.91 Å². The second kappa shape index (κ2) is 12.7. The highest BCUT2D eigenvalue weighted by atomic mass is 16.5. The number of aliphatic carboxylic acids is 1. The minimum atomic E-state index is -1.15. The van der Waals surface area contributed by atoms with Crippen molar-refractivity contribution in [3.8, 4) is 5.75 Å². The number of nitrogens with zero attached hydrogens (tertiary/aromatic N) is 1. The molecule has 0 bridgehead atoms. The van der Waals surface area contributed by atoms with Crippen molar-refractivity contribution in [2.75, 3.05) is 20.1 Å². The van der Waals surface area contributed by atoms with Crippen LogP contribution in [0.5, 0.6) is 5.75 Å². The van der Waals surface area contributed by atoms with Crippen LogP contribution in [0.25, 0.3) is 0 Å².